The molecule has 0 saturated carbocycles. The molecular formula is C21H14NO4. The minimum atomic E-state index is -0.402. The number of benzene rings is 3. The molecule has 2 amide bonds. The topological polar surface area (TPSA) is 55.8 Å². The van der Waals surface area contributed by atoms with Crippen molar-refractivity contribution in [1.29, 1.82) is 0 Å². The first kappa shape index (κ1) is 15.9. The summed E-state index contributed by atoms with van der Waals surface area (Å²) in [4.78, 5) is 26.7. The van der Waals surface area contributed by atoms with Crippen LogP contribution < -0.4 is 14.4 Å². The number of amides is 2. The van der Waals surface area contributed by atoms with Gasteiger partial charge in [-0.25, -0.2) is 4.90 Å². The summed E-state index contributed by atoms with van der Waals surface area (Å²) < 4.78 is 11.0. The Hall–Kier alpha value is -3.60. The average Bonchev–Trinajstić information content (AvgIpc) is 2.93. The molecular weight excluding hydrogens is 330 g/mol. The van der Waals surface area contributed by atoms with Gasteiger partial charge in [0.1, 0.15) is 17.2 Å². The van der Waals surface area contributed by atoms with Gasteiger partial charge in [-0.3, -0.25) is 9.59 Å². The third kappa shape index (κ3) is 2.59. The maximum absolute atomic E-state index is 12.9. The number of para-hydroxylation sites is 2. The van der Waals surface area contributed by atoms with Crippen molar-refractivity contribution in [3.63, 3.8) is 0 Å². The highest BCUT2D eigenvalue weighted by molar-refractivity contribution is 6.35. The number of methoxy groups -OCH3 is 1. The molecule has 5 nitrogen and oxygen atoms in total. The first-order chi connectivity index (χ1) is 12.7. The number of imide groups is 1. The fraction of sp³-hybridized carbons (Fsp3) is 0.0476. The van der Waals surface area contributed by atoms with Gasteiger partial charge in [0.2, 0.25) is 0 Å². The summed E-state index contributed by atoms with van der Waals surface area (Å²) in [5, 5.41) is 0. The van der Waals surface area contributed by atoms with E-state index in [-0.39, 0.29) is 5.91 Å². The highest BCUT2D eigenvalue weighted by atomic mass is 16.5. The van der Waals surface area contributed by atoms with Crippen LogP contribution in [0.2, 0.25) is 0 Å². The number of carbonyl (C=O) groups is 2. The van der Waals surface area contributed by atoms with Crippen LogP contribution in [0.15, 0.2) is 66.7 Å². The third-order valence-corrected chi connectivity index (χ3v) is 4.11. The molecule has 0 saturated heterocycles. The summed E-state index contributed by atoms with van der Waals surface area (Å²) in [5.74, 6) is 0.788. The van der Waals surface area contributed by atoms with Gasteiger partial charge in [0.15, 0.2) is 0 Å². The lowest BCUT2D eigenvalue weighted by molar-refractivity contribution is 0.0925. The molecule has 1 aliphatic rings. The quantitative estimate of drug-likeness (QED) is 0.669. The summed E-state index contributed by atoms with van der Waals surface area (Å²) in [6.07, 6.45) is 0. The molecule has 127 valence electrons. The molecule has 3 aromatic carbocycles. The Morgan fingerprint density at radius 1 is 0.846 bits per heavy atom. The monoisotopic (exact) mass is 344 g/mol. The number of anilines is 1. The van der Waals surface area contributed by atoms with Gasteiger partial charge in [-0.1, -0.05) is 24.3 Å². The van der Waals surface area contributed by atoms with Crippen molar-refractivity contribution in [3.8, 4) is 17.2 Å². The first-order valence-corrected chi connectivity index (χ1v) is 7.99. The Kier molecular flexibility index (Phi) is 3.89. The van der Waals surface area contributed by atoms with Gasteiger partial charge in [0, 0.05) is 0 Å². The Morgan fingerprint density at radius 2 is 1.58 bits per heavy atom. The van der Waals surface area contributed by atoms with E-state index in [1.54, 1.807) is 66.7 Å². The third-order valence-electron chi connectivity index (χ3n) is 4.11. The molecule has 0 spiro atoms. The predicted octanol–water partition coefficient (Wildman–Crippen LogP) is 4.09. The normalized spacial score (nSPS) is 12.9. The van der Waals surface area contributed by atoms with Crippen molar-refractivity contribution in [2.75, 3.05) is 12.0 Å². The number of hydrogen-bond donors (Lipinski definition) is 0. The predicted molar refractivity (Wildman–Crippen MR) is 95.9 cm³/mol. The van der Waals surface area contributed by atoms with Crippen LogP contribution >= 0.6 is 0 Å². The zero-order chi connectivity index (χ0) is 18.1. The van der Waals surface area contributed by atoms with Crippen LogP contribution in [0.25, 0.3) is 0 Å². The lowest BCUT2D eigenvalue weighted by atomic mass is 10.1. The van der Waals surface area contributed by atoms with E-state index in [1.165, 1.54) is 7.11 Å². The van der Waals surface area contributed by atoms with Crippen LogP contribution in [0.5, 0.6) is 17.2 Å². The number of hydrogen-bond acceptors (Lipinski definition) is 4. The average molecular weight is 344 g/mol. The van der Waals surface area contributed by atoms with Crippen molar-refractivity contribution in [3.05, 3.63) is 83.9 Å². The second-order valence-electron chi connectivity index (χ2n) is 5.66. The molecule has 0 aromatic heterocycles. The number of fused-ring (bicyclic) bond motifs is 1. The van der Waals surface area contributed by atoms with E-state index >= 15 is 0 Å². The van der Waals surface area contributed by atoms with Crippen molar-refractivity contribution < 1.29 is 19.1 Å². The van der Waals surface area contributed by atoms with Gasteiger partial charge < -0.3 is 9.47 Å². The van der Waals surface area contributed by atoms with E-state index in [1.807, 2.05) is 0 Å². The van der Waals surface area contributed by atoms with Crippen LogP contribution in [0, 0.1) is 6.07 Å². The van der Waals surface area contributed by atoms with Crippen LogP contribution in [0.1, 0.15) is 20.7 Å². The Bertz CT molecular complexity index is 998. The zero-order valence-corrected chi connectivity index (χ0v) is 13.9. The molecule has 0 fully saturated rings. The molecule has 5 heteroatoms. The van der Waals surface area contributed by atoms with Crippen LogP contribution in [0.3, 0.4) is 0 Å². The smallest absolute Gasteiger partial charge is 0.266 e. The molecule has 0 unspecified atom stereocenters. The largest absolute Gasteiger partial charge is 0.495 e. The highest BCUT2D eigenvalue weighted by Gasteiger charge is 2.38. The standard InChI is InChI=1S/C21H14NO4/c1-25-19-10-6-5-9-18(19)22-20(23)16-12-11-15(13-17(16)21(22)24)26-14-7-3-2-4-8-14/h3-13H,1H3. The van der Waals surface area contributed by atoms with Gasteiger partial charge >= 0.3 is 0 Å². The van der Waals surface area contributed by atoms with Crippen LogP contribution in [-0.4, -0.2) is 18.9 Å². The van der Waals surface area contributed by atoms with Crippen molar-refractivity contribution >= 4 is 17.5 Å². The maximum Gasteiger partial charge on any atom is 0.266 e. The molecule has 1 aliphatic heterocycles. The van der Waals surface area contributed by atoms with E-state index in [0.717, 1.165) is 4.90 Å². The minimum absolute atomic E-state index is 0.306. The van der Waals surface area contributed by atoms with E-state index in [0.29, 0.717) is 34.1 Å². The van der Waals surface area contributed by atoms with Gasteiger partial charge in [-0.2, -0.15) is 0 Å². The molecule has 0 bridgehead atoms. The number of ether oxygens (including phenoxy) is 2. The van der Waals surface area contributed by atoms with E-state index in [9.17, 15) is 9.59 Å². The Morgan fingerprint density at radius 3 is 2.35 bits per heavy atom. The Balaban J connectivity index is 1.70. The molecule has 0 aliphatic carbocycles. The SMILES string of the molecule is COc1ccccc1N1C(=O)c2ccc(Oc3cc[c]cc3)cc2C1=O. The lowest BCUT2D eigenvalue weighted by Crippen LogP contribution is -2.29. The molecule has 1 heterocycles. The van der Waals surface area contributed by atoms with E-state index < -0.39 is 5.91 Å². The summed E-state index contributed by atoms with van der Waals surface area (Å²) >= 11 is 0. The fourth-order valence-corrected chi connectivity index (χ4v) is 2.89. The zero-order valence-electron chi connectivity index (χ0n) is 13.9. The second-order valence-corrected chi connectivity index (χ2v) is 5.66. The lowest BCUT2D eigenvalue weighted by Gasteiger charge is -2.16. The fourth-order valence-electron chi connectivity index (χ4n) is 2.89. The van der Waals surface area contributed by atoms with Crippen LogP contribution in [0.4, 0.5) is 5.69 Å². The van der Waals surface area contributed by atoms with Crippen LogP contribution in [-0.2, 0) is 0 Å². The van der Waals surface area contributed by atoms with E-state index in [4.69, 9.17) is 9.47 Å². The molecule has 4 rings (SSSR count). The molecule has 0 atom stereocenters. The second kappa shape index (κ2) is 6.37. The maximum atomic E-state index is 12.9. The van der Waals surface area contributed by atoms with Crippen molar-refractivity contribution in [1.82, 2.24) is 0 Å². The van der Waals surface area contributed by atoms with Crippen molar-refractivity contribution in [2.24, 2.45) is 0 Å². The summed E-state index contributed by atoms with van der Waals surface area (Å²) in [6.45, 7) is 0. The number of nitrogens with zero attached hydrogens (tertiary/aromatic N) is 1. The molecule has 3 aromatic rings. The van der Waals surface area contributed by atoms with Gasteiger partial charge in [0.05, 0.1) is 23.9 Å². The van der Waals surface area contributed by atoms with Gasteiger partial charge in [-0.05, 0) is 48.5 Å². The summed E-state index contributed by atoms with van der Waals surface area (Å²) in [5.41, 5.74) is 1.07. The van der Waals surface area contributed by atoms with E-state index in [2.05, 4.69) is 6.07 Å². The molecule has 1 radical (unpaired) electrons. The number of rotatable bonds is 4. The molecule has 0 N–H and O–H groups in total. The Labute approximate surface area is 150 Å². The van der Waals surface area contributed by atoms with Gasteiger partial charge in [-0.15, -0.1) is 0 Å². The minimum Gasteiger partial charge on any atom is -0.495 e. The highest BCUT2D eigenvalue weighted by Crippen LogP contribution is 2.36. The summed E-state index contributed by atoms with van der Waals surface area (Å²) in [6, 6.07) is 21.7. The van der Waals surface area contributed by atoms with Gasteiger partial charge in [0.25, 0.3) is 11.8 Å². The first-order valence-electron chi connectivity index (χ1n) is 7.99. The van der Waals surface area contributed by atoms with Crippen molar-refractivity contribution in [2.45, 2.75) is 0 Å². The summed E-state index contributed by atoms with van der Waals surface area (Å²) in [7, 11) is 1.50. The number of carbonyl (C=O) groups excluding carboxylic acids is 2. The molecule has 26 heavy (non-hydrogen) atoms.